The Morgan fingerprint density at radius 2 is 1.31 bits per heavy atom. The molecule has 7 N–H and O–H groups in total. The van der Waals surface area contributed by atoms with E-state index in [1.807, 2.05) is 0 Å². The van der Waals surface area contributed by atoms with Gasteiger partial charge in [-0.25, -0.2) is 9.13 Å². The smallest absolute Gasteiger partial charge is 0.386 e. The minimum atomic E-state index is -4.64. The van der Waals surface area contributed by atoms with Crippen LogP contribution in [0, 0.1) is 0 Å². The highest BCUT2D eigenvalue weighted by Gasteiger charge is 2.13. The number of phosphoric acid groups is 2. The van der Waals surface area contributed by atoms with E-state index in [1.54, 1.807) is 13.0 Å². The van der Waals surface area contributed by atoms with Gasteiger partial charge >= 0.3 is 15.6 Å². The molecule has 0 saturated heterocycles. The Balaban J connectivity index is -0.000000433. The van der Waals surface area contributed by atoms with Gasteiger partial charge in [-0.15, -0.1) is 6.58 Å². The van der Waals surface area contributed by atoms with Crippen LogP contribution in [0.4, 0.5) is 0 Å². The molecule has 9 nitrogen and oxygen atoms in total. The first-order valence-corrected chi connectivity index (χ1v) is 10.7. The Kier molecular flexibility index (Phi) is 16.8. The summed E-state index contributed by atoms with van der Waals surface area (Å²) in [5, 5.41) is 9.73. The van der Waals surface area contributed by atoms with Gasteiger partial charge in [0, 0.05) is 0 Å². The summed E-state index contributed by atoms with van der Waals surface area (Å²) in [6.45, 7) is 11.8. The monoisotopic (exact) mass is 418 g/mol. The normalized spacial score (nSPS) is 14.0. The summed E-state index contributed by atoms with van der Waals surface area (Å²) in [7, 11) is -9.28. The predicted molar refractivity (Wildman–Crippen MR) is 101 cm³/mol. The maximum atomic E-state index is 9.73. The van der Waals surface area contributed by atoms with Gasteiger partial charge in [0.2, 0.25) is 0 Å². The SMILES string of the molecule is C=CC(C)(O)CCC=C(C)CCC=C(C)C.O=P(O)(O)O.O=P(O)(O)O. The minimum Gasteiger partial charge on any atom is -0.386 e. The van der Waals surface area contributed by atoms with E-state index in [2.05, 4.69) is 39.5 Å². The van der Waals surface area contributed by atoms with E-state index in [-0.39, 0.29) is 0 Å². The summed E-state index contributed by atoms with van der Waals surface area (Å²) in [6.07, 6.45) is 9.98. The molecule has 0 aromatic rings. The second-order valence-electron chi connectivity index (χ2n) is 6.00. The van der Waals surface area contributed by atoms with Crippen molar-refractivity contribution in [1.82, 2.24) is 0 Å². The first-order valence-electron chi connectivity index (χ1n) is 7.59. The lowest BCUT2D eigenvalue weighted by Crippen LogP contribution is -2.19. The second kappa shape index (κ2) is 14.5. The lowest BCUT2D eigenvalue weighted by Gasteiger charge is -2.16. The van der Waals surface area contributed by atoms with Crippen molar-refractivity contribution in [1.29, 1.82) is 0 Å². The van der Waals surface area contributed by atoms with Crippen LogP contribution in [0.25, 0.3) is 0 Å². The molecule has 0 amide bonds. The molecular formula is C15H32O9P2. The summed E-state index contributed by atoms with van der Waals surface area (Å²) in [4.78, 5) is 43.1. The van der Waals surface area contributed by atoms with Gasteiger partial charge < -0.3 is 34.5 Å². The number of aliphatic hydroxyl groups is 1. The van der Waals surface area contributed by atoms with Gasteiger partial charge in [-0.1, -0.05) is 29.4 Å². The maximum absolute atomic E-state index is 9.73. The molecule has 0 aliphatic heterocycles. The van der Waals surface area contributed by atoms with Crippen LogP contribution in [0.3, 0.4) is 0 Å². The maximum Gasteiger partial charge on any atom is 0.466 e. The van der Waals surface area contributed by atoms with Crippen molar-refractivity contribution >= 4 is 15.6 Å². The van der Waals surface area contributed by atoms with Gasteiger partial charge in [0.1, 0.15) is 0 Å². The molecule has 11 heteroatoms. The van der Waals surface area contributed by atoms with Gasteiger partial charge in [-0.2, -0.15) is 0 Å². The average molecular weight is 418 g/mol. The zero-order valence-corrected chi connectivity index (χ0v) is 17.4. The second-order valence-corrected chi connectivity index (χ2v) is 8.05. The van der Waals surface area contributed by atoms with Crippen LogP contribution in [0.2, 0.25) is 0 Å². The van der Waals surface area contributed by atoms with E-state index in [0.717, 1.165) is 25.7 Å². The Bertz CT molecular complexity index is 501. The Labute approximate surface area is 154 Å². The molecule has 1 atom stereocenters. The third kappa shape index (κ3) is 49.5. The Morgan fingerprint density at radius 3 is 1.62 bits per heavy atom. The summed E-state index contributed by atoms with van der Waals surface area (Å²) >= 11 is 0. The highest BCUT2D eigenvalue weighted by Crippen LogP contribution is 2.26. The van der Waals surface area contributed by atoms with E-state index >= 15 is 0 Å². The molecule has 0 aromatic heterocycles. The molecule has 156 valence electrons. The van der Waals surface area contributed by atoms with Crippen molar-refractivity contribution in [3.8, 4) is 0 Å². The first kappa shape index (κ1) is 30.1. The number of allylic oxidation sites excluding steroid dienone is 4. The summed E-state index contributed by atoms with van der Waals surface area (Å²) in [5.74, 6) is 0. The number of hydrogen-bond acceptors (Lipinski definition) is 3. The van der Waals surface area contributed by atoms with Gasteiger partial charge in [-0.05, 0) is 53.4 Å². The zero-order valence-electron chi connectivity index (χ0n) is 15.6. The summed E-state index contributed by atoms with van der Waals surface area (Å²) < 4.78 is 17.8. The van der Waals surface area contributed by atoms with Gasteiger partial charge in [0.25, 0.3) is 0 Å². The molecule has 1 unspecified atom stereocenters. The van der Waals surface area contributed by atoms with Gasteiger partial charge in [0.15, 0.2) is 0 Å². The van der Waals surface area contributed by atoms with Gasteiger partial charge in [-0.3, -0.25) is 0 Å². The van der Waals surface area contributed by atoms with Crippen LogP contribution in [-0.4, -0.2) is 40.1 Å². The van der Waals surface area contributed by atoms with E-state index in [1.165, 1.54) is 11.1 Å². The standard InChI is InChI=1S/C15H26O.2H3O4P/c1-6-15(5,16)12-8-11-14(4)10-7-9-13(2)3;2*1-5(2,3)4/h6,9,11,16H,1,7-8,10,12H2,2-5H3;2*(H3,1,2,3,4). The van der Waals surface area contributed by atoms with Crippen LogP contribution in [0.1, 0.15) is 53.4 Å². The summed E-state index contributed by atoms with van der Waals surface area (Å²) in [6, 6.07) is 0. The molecule has 0 saturated carbocycles. The highest BCUT2D eigenvalue weighted by atomic mass is 31.2. The van der Waals surface area contributed by atoms with Gasteiger partial charge in [0.05, 0.1) is 5.60 Å². The topological polar surface area (TPSA) is 176 Å². The fourth-order valence-corrected chi connectivity index (χ4v) is 1.40. The highest BCUT2D eigenvalue weighted by molar-refractivity contribution is 7.45. The van der Waals surface area contributed by atoms with Crippen molar-refractivity contribution in [3.05, 3.63) is 36.0 Å². The van der Waals surface area contributed by atoms with E-state index in [4.69, 9.17) is 38.5 Å². The molecule has 0 spiro atoms. The molecule has 0 aliphatic rings. The quantitative estimate of drug-likeness (QED) is 0.242. The minimum absolute atomic E-state index is 0.726. The fourth-order valence-electron chi connectivity index (χ4n) is 1.40. The lowest BCUT2D eigenvalue weighted by molar-refractivity contribution is 0.103. The molecule has 0 bridgehead atoms. The van der Waals surface area contributed by atoms with E-state index in [9.17, 15) is 5.11 Å². The van der Waals surface area contributed by atoms with Crippen LogP contribution < -0.4 is 0 Å². The number of rotatable bonds is 7. The lowest BCUT2D eigenvalue weighted by atomic mass is 9.99. The molecule has 0 fully saturated rings. The Hall–Kier alpha value is -0.600. The molecule has 0 aliphatic carbocycles. The Morgan fingerprint density at radius 1 is 0.923 bits per heavy atom. The van der Waals surface area contributed by atoms with Crippen LogP contribution >= 0.6 is 15.6 Å². The molecule has 0 heterocycles. The van der Waals surface area contributed by atoms with E-state index in [0.29, 0.717) is 0 Å². The third-order valence-electron chi connectivity index (χ3n) is 2.67. The first-order chi connectivity index (χ1) is 11.4. The van der Waals surface area contributed by atoms with Crippen LogP contribution in [-0.2, 0) is 9.13 Å². The van der Waals surface area contributed by atoms with Crippen molar-refractivity contribution in [3.63, 3.8) is 0 Å². The van der Waals surface area contributed by atoms with Crippen molar-refractivity contribution in [2.24, 2.45) is 0 Å². The number of hydrogen-bond donors (Lipinski definition) is 7. The molecule has 26 heavy (non-hydrogen) atoms. The van der Waals surface area contributed by atoms with E-state index < -0.39 is 21.2 Å². The fraction of sp³-hybridized carbons (Fsp3) is 0.600. The predicted octanol–water partition coefficient (Wildman–Crippen LogP) is 2.54. The molecular weight excluding hydrogens is 386 g/mol. The molecule has 0 rings (SSSR count). The molecule has 0 radical (unpaired) electrons. The van der Waals surface area contributed by atoms with Crippen molar-refractivity contribution in [2.75, 3.05) is 0 Å². The zero-order chi connectivity index (χ0) is 21.6. The third-order valence-corrected chi connectivity index (χ3v) is 2.67. The average Bonchev–Trinajstić information content (AvgIpc) is 2.34. The van der Waals surface area contributed by atoms with Crippen molar-refractivity contribution < 1.29 is 43.6 Å². The molecule has 0 aromatic carbocycles. The van der Waals surface area contributed by atoms with Crippen LogP contribution in [0.5, 0.6) is 0 Å². The van der Waals surface area contributed by atoms with Crippen molar-refractivity contribution in [2.45, 2.75) is 59.0 Å². The largest absolute Gasteiger partial charge is 0.466 e. The summed E-state index contributed by atoms with van der Waals surface area (Å²) in [5.41, 5.74) is 2.05. The van der Waals surface area contributed by atoms with Crippen LogP contribution in [0.15, 0.2) is 36.0 Å².